The molecule has 0 saturated carbocycles. The van der Waals surface area contributed by atoms with E-state index >= 15 is 0 Å². The minimum Gasteiger partial charge on any atom is -0.477 e. The van der Waals surface area contributed by atoms with Gasteiger partial charge in [0.1, 0.15) is 12.0 Å². The average Bonchev–Trinajstić information content (AvgIpc) is 2.47. The second-order valence-corrected chi connectivity index (χ2v) is 4.54. The second kappa shape index (κ2) is 7.72. The third-order valence-corrected chi connectivity index (χ3v) is 2.96. The summed E-state index contributed by atoms with van der Waals surface area (Å²) in [6.45, 7) is 2.85. The van der Waals surface area contributed by atoms with E-state index in [1.807, 2.05) is 0 Å². The minimum absolute atomic E-state index is 0.0656. The van der Waals surface area contributed by atoms with Crippen molar-refractivity contribution in [3.63, 3.8) is 0 Å². The van der Waals surface area contributed by atoms with E-state index in [-0.39, 0.29) is 6.61 Å². The molecule has 0 bridgehead atoms. The molecule has 19 heavy (non-hydrogen) atoms. The van der Waals surface area contributed by atoms with Crippen molar-refractivity contribution in [3.8, 4) is 17.7 Å². The Morgan fingerprint density at radius 2 is 2.42 bits per heavy atom. The van der Waals surface area contributed by atoms with Crippen molar-refractivity contribution in [2.75, 3.05) is 26.3 Å². The van der Waals surface area contributed by atoms with E-state index in [9.17, 15) is 0 Å². The summed E-state index contributed by atoms with van der Waals surface area (Å²) in [5, 5.41) is 12.0. The maximum atomic E-state index is 8.66. The van der Waals surface area contributed by atoms with Crippen LogP contribution in [-0.2, 0) is 0 Å². The number of hydrogen-bond acceptors (Lipinski definition) is 5. The highest BCUT2D eigenvalue weighted by molar-refractivity contribution is 5.30. The maximum Gasteiger partial charge on any atom is 0.217 e. The monoisotopic (exact) mass is 261 g/mol. The van der Waals surface area contributed by atoms with Crippen LogP contribution in [0.25, 0.3) is 0 Å². The van der Waals surface area contributed by atoms with Gasteiger partial charge in [0.05, 0.1) is 13.2 Å². The molecule has 2 N–H and O–H groups in total. The van der Waals surface area contributed by atoms with Gasteiger partial charge in [0, 0.05) is 24.9 Å². The highest BCUT2D eigenvalue weighted by atomic mass is 16.5. The van der Waals surface area contributed by atoms with Crippen molar-refractivity contribution in [2.45, 2.75) is 19.3 Å². The molecule has 102 valence electrons. The maximum absolute atomic E-state index is 8.66. The fourth-order valence-electron chi connectivity index (χ4n) is 1.97. The van der Waals surface area contributed by atoms with Crippen LogP contribution >= 0.6 is 0 Å². The van der Waals surface area contributed by atoms with Crippen molar-refractivity contribution in [1.82, 2.24) is 15.3 Å². The summed E-state index contributed by atoms with van der Waals surface area (Å²) in [6.07, 6.45) is 4.31. The Morgan fingerprint density at radius 1 is 1.47 bits per heavy atom. The van der Waals surface area contributed by atoms with Crippen LogP contribution in [0.3, 0.4) is 0 Å². The normalized spacial score (nSPS) is 18.5. The van der Waals surface area contributed by atoms with Gasteiger partial charge in [0.25, 0.3) is 0 Å². The first-order chi connectivity index (χ1) is 9.38. The molecule has 2 heterocycles. The summed E-state index contributed by atoms with van der Waals surface area (Å²) in [7, 11) is 0. The van der Waals surface area contributed by atoms with Crippen LogP contribution in [-0.4, -0.2) is 41.4 Å². The van der Waals surface area contributed by atoms with Crippen molar-refractivity contribution < 1.29 is 9.84 Å². The number of rotatable bonds is 4. The van der Waals surface area contributed by atoms with E-state index < -0.39 is 0 Å². The predicted octanol–water partition coefficient (Wildman–Crippen LogP) is 0.589. The zero-order valence-electron chi connectivity index (χ0n) is 10.9. The molecular weight excluding hydrogens is 242 g/mol. The van der Waals surface area contributed by atoms with Crippen LogP contribution in [0.2, 0.25) is 0 Å². The molecule has 5 heteroatoms. The smallest absolute Gasteiger partial charge is 0.217 e. The Labute approximate surface area is 113 Å². The molecular formula is C14H19N3O2. The summed E-state index contributed by atoms with van der Waals surface area (Å²) >= 11 is 0. The lowest BCUT2D eigenvalue weighted by Crippen LogP contribution is -2.33. The number of ether oxygens (including phenoxy) is 1. The third-order valence-electron chi connectivity index (χ3n) is 2.96. The lowest BCUT2D eigenvalue weighted by atomic mass is 10.0. The summed E-state index contributed by atoms with van der Waals surface area (Å²) < 4.78 is 5.68. The quantitative estimate of drug-likeness (QED) is 0.776. The van der Waals surface area contributed by atoms with E-state index in [0.717, 1.165) is 13.1 Å². The first-order valence-electron chi connectivity index (χ1n) is 6.64. The molecule has 0 aromatic carbocycles. The predicted molar refractivity (Wildman–Crippen MR) is 71.7 cm³/mol. The van der Waals surface area contributed by atoms with E-state index in [1.54, 1.807) is 6.07 Å². The molecule has 1 aromatic heterocycles. The first-order valence-corrected chi connectivity index (χ1v) is 6.64. The van der Waals surface area contributed by atoms with Crippen molar-refractivity contribution in [1.29, 1.82) is 0 Å². The summed E-state index contributed by atoms with van der Waals surface area (Å²) in [5.74, 6) is 6.81. The van der Waals surface area contributed by atoms with Crippen LogP contribution in [0.1, 0.15) is 25.0 Å². The lowest BCUT2D eigenvalue weighted by molar-refractivity contribution is 0.212. The second-order valence-electron chi connectivity index (χ2n) is 4.54. The molecule has 1 aromatic rings. The number of hydrogen-bond donors (Lipinski definition) is 2. The zero-order valence-corrected chi connectivity index (χ0v) is 10.9. The highest BCUT2D eigenvalue weighted by Crippen LogP contribution is 2.13. The summed E-state index contributed by atoms with van der Waals surface area (Å²) in [5.41, 5.74) is 0.625. The van der Waals surface area contributed by atoms with Crippen LogP contribution in [0.15, 0.2) is 12.4 Å². The van der Waals surface area contributed by atoms with Crippen LogP contribution < -0.4 is 10.1 Å². The zero-order chi connectivity index (χ0) is 13.3. The Morgan fingerprint density at radius 3 is 3.21 bits per heavy atom. The summed E-state index contributed by atoms with van der Waals surface area (Å²) in [6, 6.07) is 1.74. The van der Waals surface area contributed by atoms with Crippen LogP contribution in [0.5, 0.6) is 5.88 Å². The van der Waals surface area contributed by atoms with Gasteiger partial charge >= 0.3 is 0 Å². The fraction of sp³-hybridized carbons (Fsp3) is 0.571. The molecule has 1 fully saturated rings. The number of nitrogens with one attached hydrogen (secondary N) is 1. The Hall–Kier alpha value is -1.64. The molecule has 0 radical (unpaired) electrons. The van der Waals surface area contributed by atoms with Crippen LogP contribution in [0.4, 0.5) is 0 Å². The molecule has 1 saturated heterocycles. The van der Waals surface area contributed by atoms with Crippen molar-refractivity contribution >= 4 is 0 Å². The summed E-state index contributed by atoms with van der Waals surface area (Å²) in [4.78, 5) is 8.13. The molecule has 2 rings (SSSR count). The number of nitrogens with zero attached hydrogens (tertiary/aromatic N) is 2. The molecule has 1 unspecified atom stereocenters. The number of piperidine rings is 1. The van der Waals surface area contributed by atoms with Gasteiger partial charge < -0.3 is 15.2 Å². The topological polar surface area (TPSA) is 67.3 Å². The molecule has 1 aliphatic rings. The van der Waals surface area contributed by atoms with Gasteiger partial charge in [-0.3, -0.25) is 0 Å². The van der Waals surface area contributed by atoms with E-state index in [1.165, 1.54) is 19.2 Å². The van der Waals surface area contributed by atoms with Gasteiger partial charge in [-0.15, -0.1) is 0 Å². The first kappa shape index (κ1) is 13.8. The fourth-order valence-corrected chi connectivity index (χ4v) is 1.97. The van der Waals surface area contributed by atoms with Gasteiger partial charge in [-0.2, -0.15) is 0 Å². The SMILES string of the molecule is OCCC#Cc1cc(OCC2CCCNC2)ncn1. The third kappa shape index (κ3) is 4.86. The molecule has 1 atom stereocenters. The molecule has 5 nitrogen and oxygen atoms in total. The van der Waals surface area contributed by atoms with E-state index in [2.05, 4.69) is 27.1 Å². The standard InChI is InChI=1S/C14H19N3O2/c18-7-2-1-5-13-8-14(17-11-16-13)19-10-12-4-3-6-15-9-12/h8,11-12,15,18H,2-4,6-7,9-10H2. The van der Waals surface area contributed by atoms with Crippen molar-refractivity contribution in [3.05, 3.63) is 18.1 Å². The van der Waals surface area contributed by atoms with Gasteiger partial charge in [-0.1, -0.05) is 5.92 Å². The largest absolute Gasteiger partial charge is 0.477 e. The molecule has 0 aliphatic carbocycles. The Bertz CT molecular complexity index is 447. The number of aliphatic hydroxyl groups is 1. The number of aromatic nitrogens is 2. The average molecular weight is 261 g/mol. The number of aliphatic hydroxyl groups excluding tert-OH is 1. The molecule has 0 amide bonds. The highest BCUT2D eigenvalue weighted by Gasteiger charge is 2.13. The lowest BCUT2D eigenvalue weighted by Gasteiger charge is -2.22. The Balaban J connectivity index is 1.86. The van der Waals surface area contributed by atoms with E-state index in [4.69, 9.17) is 9.84 Å². The van der Waals surface area contributed by atoms with Crippen molar-refractivity contribution in [2.24, 2.45) is 5.92 Å². The van der Waals surface area contributed by atoms with Gasteiger partial charge in [0.15, 0.2) is 0 Å². The van der Waals surface area contributed by atoms with Gasteiger partial charge in [0.2, 0.25) is 5.88 Å². The van der Waals surface area contributed by atoms with Crippen LogP contribution in [0, 0.1) is 17.8 Å². The molecule has 0 spiro atoms. The Kier molecular flexibility index (Phi) is 5.60. The molecule has 1 aliphatic heterocycles. The van der Waals surface area contributed by atoms with Gasteiger partial charge in [-0.05, 0) is 25.3 Å². The van der Waals surface area contributed by atoms with E-state index in [0.29, 0.717) is 30.5 Å². The minimum atomic E-state index is 0.0656. The van der Waals surface area contributed by atoms with Gasteiger partial charge in [-0.25, -0.2) is 9.97 Å².